The van der Waals surface area contributed by atoms with Crippen LogP contribution in [0.5, 0.6) is 0 Å². The van der Waals surface area contributed by atoms with Crippen molar-refractivity contribution in [2.75, 3.05) is 6.54 Å². The molecule has 0 aliphatic heterocycles. The fraction of sp³-hybridized carbons (Fsp3) is 0.500. The highest BCUT2D eigenvalue weighted by Gasteiger charge is 2.23. The van der Waals surface area contributed by atoms with Crippen molar-refractivity contribution >= 4 is 0 Å². The molecule has 0 heterocycles. The van der Waals surface area contributed by atoms with Gasteiger partial charge in [-0.25, -0.2) is 4.39 Å². The lowest BCUT2D eigenvalue weighted by atomic mass is 9.96. The van der Waals surface area contributed by atoms with Crippen LogP contribution in [0.15, 0.2) is 24.3 Å². The number of halogens is 1. The van der Waals surface area contributed by atoms with Gasteiger partial charge < -0.3 is 10.4 Å². The molecule has 2 N–H and O–H groups in total. The van der Waals surface area contributed by atoms with E-state index in [4.69, 9.17) is 0 Å². The van der Waals surface area contributed by atoms with Gasteiger partial charge in [0.25, 0.3) is 0 Å². The first-order chi connectivity index (χ1) is 6.92. The lowest BCUT2D eigenvalue weighted by molar-refractivity contribution is 0.0546. The Morgan fingerprint density at radius 3 is 2.67 bits per heavy atom. The van der Waals surface area contributed by atoms with Crippen LogP contribution in [0.2, 0.25) is 0 Å². The molecule has 1 unspecified atom stereocenters. The zero-order valence-corrected chi connectivity index (χ0v) is 9.42. The molecule has 15 heavy (non-hydrogen) atoms. The van der Waals surface area contributed by atoms with Crippen LogP contribution in [0.25, 0.3) is 0 Å². The van der Waals surface area contributed by atoms with Gasteiger partial charge in [-0.2, -0.15) is 0 Å². The Hall–Kier alpha value is -0.930. The van der Waals surface area contributed by atoms with Crippen molar-refractivity contribution in [2.24, 2.45) is 0 Å². The summed E-state index contributed by atoms with van der Waals surface area (Å²) >= 11 is 0. The smallest absolute Gasteiger partial charge is 0.123 e. The molecule has 0 aromatic heterocycles. The van der Waals surface area contributed by atoms with E-state index in [1.807, 2.05) is 13.8 Å². The fourth-order valence-electron chi connectivity index (χ4n) is 1.33. The number of hydrogen-bond donors (Lipinski definition) is 2. The van der Waals surface area contributed by atoms with Crippen LogP contribution in [-0.2, 0) is 5.60 Å². The van der Waals surface area contributed by atoms with Crippen molar-refractivity contribution in [3.63, 3.8) is 0 Å². The molecule has 0 radical (unpaired) electrons. The zero-order valence-electron chi connectivity index (χ0n) is 9.42. The monoisotopic (exact) mass is 211 g/mol. The molecule has 1 aromatic rings. The quantitative estimate of drug-likeness (QED) is 0.798. The molecule has 1 atom stereocenters. The lowest BCUT2D eigenvalue weighted by Gasteiger charge is -2.25. The van der Waals surface area contributed by atoms with E-state index < -0.39 is 5.60 Å². The predicted octanol–water partition coefficient (Wildman–Crippen LogP) is 2.03. The standard InChI is InChI=1S/C12H18FNO/c1-9(2)14-8-12(3,15)10-5-4-6-11(13)7-10/h4-7,9,14-15H,8H2,1-3H3. The summed E-state index contributed by atoms with van der Waals surface area (Å²) < 4.78 is 13.0. The minimum absolute atomic E-state index is 0.296. The third-order valence-electron chi connectivity index (χ3n) is 2.30. The van der Waals surface area contributed by atoms with Gasteiger partial charge in [0.15, 0.2) is 0 Å². The molecule has 0 bridgehead atoms. The zero-order chi connectivity index (χ0) is 11.5. The molecule has 1 rings (SSSR count). The van der Waals surface area contributed by atoms with E-state index in [9.17, 15) is 9.50 Å². The summed E-state index contributed by atoms with van der Waals surface area (Å²) in [5.41, 5.74) is -0.442. The normalized spacial score (nSPS) is 15.3. The summed E-state index contributed by atoms with van der Waals surface area (Å²) in [6.07, 6.45) is 0. The minimum Gasteiger partial charge on any atom is -0.384 e. The maximum absolute atomic E-state index is 13.0. The highest BCUT2D eigenvalue weighted by Crippen LogP contribution is 2.20. The first-order valence-electron chi connectivity index (χ1n) is 5.13. The average Bonchev–Trinajstić information content (AvgIpc) is 2.15. The summed E-state index contributed by atoms with van der Waals surface area (Å²) in [5.74, 6) is -0.322. The number of nitrogens with one attached hydrogen (secondary N) is 1. The van der Waals surface area contributed by atoms with Gasteiger partial charge in [-0.1, -0.05) is 26.0 Å². The van der Waals surface area contributed by atoms with Gasteiger partial charge in [-0.05, 0) is 24.6 Å². The third kappa shape index (κ3) is 3.61. The topological polar surface area (TPSA) is 32.3 Å². The second-order valence-electron chi connectivity index (χ2n) is 4.32. The number of hydrogen-bond acceptors (Lipinski definition) is 2. The van der Waals surface area contributed by atoms with E-state index in [0.717, 1.165) is 0 Å². The van der Waals surface area contributed by atoms with Gasteiger partial charge in [-0.3, -0.25) is 0 Å². The first-order valence-corrected chi connectivity index (χ1v) is 5.13. The molecule has 2 nitrogen and oxygen atoms in total. The number of aliphatic hydroxyl groups is 1. The Morgan fingerprint density at radius 2 is 2.13 bits per heavy atom. The van der Waals surface area contributed by atoms with Gasteiger partial charge in [0.1, 0.15) is 5.82 Å². The fourth-order valence-corrected chi connectivity index (χ4v) is 1.33. The van der Waals surface area contributed by atoms with Crippen molar-refractivity contribution in [2.45, 2.75) is 32.4 Å². The van der Waals surface area contributed by atoms with E-state index in [-0.39, 0.29) is 5.82 Å². The van der Waals surface area contributed by atoms with Crippen molar-refractivity contribution in [3.8, 4) is 0 Å². The minimum atomic E-state index is -1.04. The molecule has 0 aliphatic carbocycles. The van der Waals surface area contributed by atoms with Crippen LogP contribution < -0.4 is 5.32 Å². The Kier molecular flexibility index (Phi) is 3.83. The number of rotatable bonds is 4. The first kappa shape index (κ1) is 12.1. The van der Waals surface area contributed by atoms with E-state index in [1.165, 1.54) is 12.1 Å². The Morgan fingerprint density at radius 1 is 1.47 bits per heavy atom. The van der Waals surface area contributed by atoms with Gasteiger partial charge in [-0.15, -0.1) is 0 Å². The summed E-state index contributed by atoms with van der Waals surface area (Å²) in [7, 11) is 0. The average molecular weight is 211 g/mol. The van der Waals surface area contributed by atoms with Gasteiger partial charge in [0, 0.05) is 12.6 Å². The van der Waals surface area contributed by atoms with Gasteiger partial charge in [0.05, 0.1) is 5.60 Å². The molecule has 3 heteroatoms. The third-order valence-corrected chi connectivity index (χ3v) is 2.30. The maximum Gasteiger partial charge on any atom is 0.123 e. The van der Waals surface area contributed by atoms with Crippen molar-refractivity contribution in [1.82, 2.24) is 5.32 Å². The summed E-state index contributed by atoms with van der Waals surface area (Å²) in [6, 6.07) is 6.36. The van der Waals surface area contributed by atoms with Crippen molar-refractivity contribution in [3.05, 3.63) is 35.6 Å². The van der Waals surface area contributed by atoms with Crippen LogP contribution in [0.3, 0.4) is 0 Å². The van der Waals surface area contributed by atoms with Crippen molar-refractivity contribution in [1.29, 1.82) is 0 Å². The summed E-state index contributed by atoms with van der Waals surface area (Å²) in [6.45, 7) is 6.09. The van der Waals surface area contributed by atoms with Crippen LogP contribution >= 0.6 is 0 Å². The van der Waals surface area contributed by atoms with Crippen LogP contribution in [0.4, 0.5) is 4.39 Å². The molecule has 0 fully saturated rings. The lowest BCUT2D eigenvalue weighted by Crippen LogP contribution is -2.38. The second kappa shape index (κ2) is 4.73. The molecule has 1 aromatic carbocycles. The predicted molar refractivity (Wildman–Crippen MR) is 59.1 cm³/mol. The van der Waals surface area contributed by atoms with Gasteiger partial charge in [0.2, 0.25) is 0 Å². The molecule has 0 aliphatic rings. The summed E-state index contributed by atoms with van der Waals surface area (Å²) in [5, 5.41) is 13.3. The van der Waals surface area contributed by atoms with Gasteiger partial charge >= 0.3 is 0 Å². The van der Waals surface area contributed by atoms with Crippen molar-refractivity contribution < 1.29 is 9.50 Å². The van der Waals surface area contributed by atoms with E-state index >= 15 is 0 Å². The van der Waals surface area contributed by atoms with Crippen LogP contribution in [0.1, 0.15) is 26.3 Å². The molecule has 84 valence electrons. The molecule has 0 saturated carbocycles. The number of benzene rings is 1. The molecular formula is C12H18FNO. The Balaban J connectivity index is 2.76. The molecule has 0 spiro atoms. The summed E-state index contributed by atoms with van der Waals surface area (Å²) in [4.78, 5) is 0. The van der Waals surface area contributed by atoms with E-state index in [0.29, 0.717) is 18.2 Å². The molecule has 0 saturated heterocycles. The van der Waals surface area contributed by atoms with E-state index in [2.05, 4.69) is 5.32 Å². The van der Waals surface area contributed by atoms with E-state index in [1.54, 1.807) is 19.1 Å². The highest BCUT2D eigenvalue weighted by molar-refractivity contribution is 5.22. The SMILES string of the molecule is CC(C)NCC(C)(O)c1cccc(F)c1. The van der Waals surface area contributed by atoms with Crippen LogP contribution in [-0.4, -0.2) is 17.7 Å². The molecule has 0 amide bonds. The largest absolute Gasteiger partial charge is 0.384 e. The Bertz CT molecular complexity index is 323. The highest BCUT2D eigenvalue weighted by atomic mass is 19.1. The Labute approximate surface area is 90.1 Å². The molecular weight excluding hydrogens is 193 g/mol. The van der Waals surface area contributed by atoms with Crippen LogP contribution in [0, 0.1) is 5.82 Å². The maximum atomic E-state index is 13.0. The second-order valence-corrected chi connectivity index (χ2v) is 4.32.